The van der Waals surface area contributed by atoms with Crippen LogP contribution in [-0.2, 0) is 10.0 Å². The third-order valence-corrected chi connectivity index (χ3v) is 3.84. The number of rotatable bonds is 4. The summed E-state index contributed by atoms with van der Waals surface area (Å²) in [5, 5.41) is 4.79. The van der Waals surface area contributed by atoms with Gasteiger partial charge in [-0.2, -0.15) is 0 Å². The van der Waals surface area contributed by atoms with E-state index >= 15 is 0 Å². The van der Waals surface area contributed by atoms with E-state index in [9.17, 15) is 34.8 Å². The summed E-state index contributed by atoms with van der Waals surface area (Å²) in [6.07, 6.45) is -10.9. The van der Waals surface area contributed by atoms with Crippen molar-refractivity contribution in [3.63, 3.8) is 0 Å². The molecule has 5 nitrogen and oxygen atoms in total. The average Bonchev–Trinajstić information content (AvgIpc) is 2.45. The Morgan fingerprint density at radius 2 is 1.27 bits per heavy atom. The lowest BCUT2D eigenvalue weighted by Crippen LogP contribution is -2.24. The summed E-state index contributed by atoms with van der Waals surface area (Å²) in [6, 6.07) is 8.33. The van der Waals surface area contributed by atoms with Gasteiger partial charge >= 0.3 is 12.7 Å². The maximum absolute atomic E-state index is 12.7. The molecule has 12 heteroatoms. The van der Waals surface area contributed by atoms with Crippen LogP contribution in [0.15, 0.2) is 47.4 Å². The quantitative estimate of drug-likeness (QED) is 0.791. The Kier molecular flexibility index (Phi) is 5.10. The second-order valence-corrected chi connectivity index (χ2v) is 6.31. The van der Waals surface area contributed by atoms with Crippen molar-refractivity contribution in [2.24, 2.45) is 5.14 Å². The maximum atomic E-state index is 12.7. The molecule has 0 saturated carbocycles. The molecule has 2 aromatic rings. The largest absolute Gasteiger partial charge is 0.573 e. The lowest BCUT2D eigenvalue weighted by Gasteiger charge is -2.20. The van der Waals surface area contributed by atoms with E-state index in [2.05, 4.69) is 9.47 Å². The number of sulfonamides is 1. The van der Waals surface area contributed by atoms with Crippen LogP contribution in [0.3, 0.4) is 0 Å². The standard InChI is InChI=1S/C14H9F6NO4S/c15-13(16,17)24-11-9(8-4-2-1-3-5-8)6-7-10(26(21,22)23)12(11)25-14(18,19)20/h1-7H,(H2,21,22,23). The van der Waals surface area contributed by atoms with Gasteiger partial charge < -0.3 is 9.47 Å². The van der Waals surface area contributed by atoms with Crippen LogP contribution < -0.4 is 14.6 Å². The van der Waals surface area contributed by atoms with E-state index in [0.717, 1.165) is 6.07 Å². The van der Waals surface area contributed by atoms with Crippen LogP contribution >= 0.6 is 0 Å². The molecular weight excluding hydrogens is 392 g/mol. The fourth-order valence-corrected chi connectivity index (χ4v) is 2.69. The van der Waals surface area contributed by atoms with Crippen LogP contribution in [0.2, 0.25) is 0 Å². The fourth-order valence-electron chi connectivity index (χ4n) is 2.04. The Labute approximate surface area is 143 Å². The van der Waals surface area contributed by atoms with Crippen molar-refractivity contribution in [2.45, 2.75) is 17.6 Å². The van der Waals surface area contributed by atoms with Crippen LogP contribution in [0.4, 0.5) is 26.3 Å². The van der Waals surface area contributed by atoms with E-state index in [0.29, 0.717) is 6.07 Å². The predicted octanol–water partition coefficient (Wildman–Crippen LogP) is 3.80. The molecule has 2 rings (SSSR count). The second-order valence-electron chi connectivity index (χ2n) is 4.78. The highest BCUT2D eigenvalue weighted by Crippen LogP contribution is 2.46. The summed E-state index contributed by atoms with van der Waals surface area (Å²) >= 11 is 0. The first-order valence-electron chi connectivity index (χ1n) is 6.54. The Morgan fingerprint density at radius 3 is 1.73 bits per heavy atom. The van der Waals surface area contributed by atoms with Crippen LogP contribution in [0, 0.1) is 0 Å². The fraction of sp³-hybridized carbons (Fsp3) is 0.143. The van der Waals surface area contributed by atoms with Gasteiger partial charge in [0.15, 0.2) is 11.5 Å². The van der Waals surface area contributed by atoms with Gasteiger partial charge in [-0.25, -0.2) is 13.6 Å². The summed E-state index contributed by atoms with van der Waals surface area (Å²) in [5.41, 5.74) is -0.450. The molecule has 0 bridgehead atoms. The highest BCUT2D eigenvalue weighted by molar-refractivity contribution is 7.89. The number of benzene rings is 2. The van der Waals surface area contributed by atoms with Gasteiger partial charge in [0.05, 0.1) is 0 Å². The zero-order valence-corrected chi connectivity index (χ0v) is 13.2. The smallest absolute Gasteiger partial charge is 0.401 e. The van der Waals surface area contributed by atoms with Crippen molar-refractivity contribution in [1.82, 2.24) is 0 Å². The summed E-state index contributed by atoms with van der Waals surface area (Å²) in [6.45, 7) is 0. The van der Waals surface area contributed by atoms with Crippen molar-refractivity contribution >= 4 is 10.0 Å². The Morgan fingerprint density at radius 1 is 0.769 bits per heavy atom. The van der Waals surface area contributed by atoms with Gasteiger partial charge in [-0.05, 0) is 17.7 Å². The number of ether oxygens (including phenoxy) is 2. The first-order chi connectivity index (χ1) is 11.8. The molecule has 0 aliphatic heterocycles. The molecule has 2 aromatic carbocycles. The molecule has 0 saturated heterocycles. The molecular formula is C14H9F6NO4S. The molecule has 142 valence electrons. The summed E-state index contributed by atoms with van der Waals surface area (Å²) < 4.78 is 106. The molecule has 2 N–H and O–H groups in total. The molecule has 0 atom stereocenters. The number of alkyl halides is 6. The maximum Gasteiger partial charge on any atom is 0.573 e. The van der Waals surface area contributed by atoms with E-state index in [4.69, 9.17) is 5.14 Å². The Bertz CT molecular complexity index is 894. The van der Waals surface area contributed by atoms with Gasteiger partial charge in [0.2, 0.25) is 10.0 Å². The first kappa shape index (κ1) is 19.8. The third kappa shape index (κ3) is 5.02. The molecule has 0 aliphatic rings. The van der Waals surface area contributed by atoms with Gasteiger partial charge in [-0.15, -0.1) is 26.3 Å². The van der Waals surface area contributed by atoms with Crippen LogP contribution in [-0.4, -0.2) is 21.1 Å². The zero-order valence-electron chi connectivity index (χ0n) is 12.4. The van der Waals surface area contributed by atoms with Gasteiger partial charge in [0.25, 0.3) is 0 Å². The molecule has 0 radical (unpaired) electrons. The number of hydrogen-bond donors (Lipinski definition) is 1. The Balaban J connectivity index is 2.85. The first-order valence-corrected chi connectivity index (χ1v) is 8.09. The number of halogens is 6. The average molecular weight is 401 g/mol. The van der Waals surface area contributed by atoms with Gasteiger partial charge in [-0.3, -0.25) is 0 Å². The van der Waals surface area contributed by atoms with Crippen molar-refractivity contribution in [3.05, 3.63) is 42.5 Å². The highest BCUT2D eigenvalue weighted by atomic mass is 32.2. The van der Waals surface area contributed by atoms with Gasteiger partial charge in [0, 0.05) is 5.56 Å². The van der Waals surface area contributed by atoms with Crippen molar-refractivity contribution in [2.75, 3.05) is 0 Å². The normalized spacial score (nSPS) is 12.7. The highest BCUT2D eigenvalue weighted by Gasteiger charge is 2.40. The number of hydrogen-bond acceptors (Lipinski definition) is 4. The SMILES string of the molecule is NS(=O)(=O)c1ccc(-c2ccccc2)c(OC(F)(F)F)c1OC(F)(F)F. The number of primary sulfonamides is 1. The van der Waals surface area contributed by atoms with Crippen LogP contribution in [0.25, 0.3) is 11.1 Å². The predicted molar refractivity (Wildman–Crippen MR) is 76.6 cm³/mol. The molecule has 0 spiro atoms. The minimum Gasteiger partial charge on any atom is -0.401 e. The van der Waals surface area contributed by atoms with E-state index in [1.54, 1.807) is 0 Å². The lowest BCUT2D eigenvalue weighted by molar-refractivity contribution is -0.287. The molecule has 0 aliphatic carbocycles. The molecule has 0 amide bonds. The summed E-state index contributed by atoms with van der Waals surface area (Å²) in [7, 11) is -4.86. The van der Waals surface area contributed by atoms with E-state index in [1.165, 1.54) is 30.3 Å². The number of nitrogens with two attached hydrogens (primary N) is 1. The van der Waals surface area contributed by atoms with E-state index in [1.807, 2.05) is 0 Å². The van der Waals surface area contributed by atoms with Gasteiger partial charge in [0.1, 0.15) is 4.90 Å². The molecule has 0 heterocycles. The minimum absolute atomic E-state index is 0.0275. The minimum atomic E-state index is -5.50. The molecule has 0 unspecified atom stereocenters. The van der Waals surface area contributed by atoms with Gasteiger partial charge in [-0.1, -0.05) is 30.3 Å². The van der Waals surface area contributed by atoms with Crippen molar-refractivity contribution in [3.8, 4) is 22.6 Å². The lowest BCUT2D eigenvalue weighted by atomic mass is 10.0. The van der Waals surface area contributed by atoms with Crippen LogP contribution in [0.1, 0.15) is 0 Å². The van der Waals surface area contributed by atoms with E-state index in [-0.39, 0.29) is 5.56 Å². The zero-order chi connectivity index (χ0) is 19.8. The molecule has 0 aromatic heterocycles. The summed E-state index contributed by atoms with van der Waals surface area (Å²) in [4.78, 5) is -1.31. The topological polar surface area (TPSA) is 78.6 Å². The summed E-state index contributed by atoms with van der Waals surface area (Å²) in [5.74, 6) is -3.19. The molecule has 26 heavy (non-hydrogen) atoms. The van der Waals surface area contributed by atoms with E-state index < -0.39 is 44.7 Å². The Hall–Kier alpha value is -2.47. The molecule has 0 fully saturated rings. The third-order valence-electron chi connectivity index (χ3n) is 2.90. The van der Waals surface area contributed by atoms with Crippen LogP contribution in [0.5, 0.6) is 11.5 Å². The monoisotopic (exact) mass is 401 g/mol. The van der Waals surface area contributed by atoms with Crippen molar-refractivity contribution in [1.29, 1.82) is 0 Å². The second kappa shape index (κ2) is 6.68. The van der Waals surface area contributed by atoms with Crippen molar-refractivity contribution < 1.29 is 44.2 Å².